The monoisotopic (exact) mass is 319 g/mol. The zero-order chi connectivity index (χ0) is 14.6. The molecule has 0 saturated carbocycles. The normalized spacial score (nSPS) is 20.0. The van der Waals surface area contributed by atoms with Crippen molar-refractivity contribution in [1.82, 2.24) is 4.72 Å². The van der Waals surface area contributed by atoms with E-state index in [4.69, 9.17) is 5.11 Å². The molecule has 0 aliphatic carbocycles. The van der Waals surface area contributed by atoms with E-state index in [1.807, 2.05) is 0 Å². The smallest absolute Gasteiger partial charge is 0.243 e. The summed E-state index contributed by atoms with van der Waals surface area (Å²) in [7, 11) is -3.87. The molecule has 1 heterocycles. The molecule has 112 valence electrons. The number of aliphatic hydroxyl groups excluding tert-OH is 1. The van der Waals surface area contributed by atoms with Crippen LogP contribution in [-0.4, -0.2) is 31.1 Å². The Morgan fingerprint density at radius 1 is 1.40 bits per heavy atom. The molecular formula is C13H18FNO3S2. The van der Waals surface area contributed by atoms with Crippen molar-refractivity contribution in [3.8, 4) is 0 Å². The van der Waals surface area contributed by atoms with Crippen LogP contribution in [0.25, 0.3) is 0 Å². The summed E-state index contributed by atoms with van der Waals surface area (Å²) in [6, 6.07) is 3.60. The summed E-state index contributed by atoms with van der Waals surface area (Å²) in [5.41, 5.74) is 0.374. The fourth-order valence-electron chi connectivity index (χ4n) is 2.10. The lowest BCUT2D eigenvalue weighted by Crippen LogP contribution is -2.32. The van der Waals surface area contributed by atoms with Crippen LogP contribution in [0.1, 0.15) is 24.8 Å². The van der Waals surface area contributed by atoms with Crippen molar-refractivity contribution in [2.75, 3.05) is 12.3 Å². The van der Waals surface area contributed by atoms with Gasteiger partial charge in [0.05, 0.1) is 6.61 Å². The molecule has 1 aromatic rings. The molecule has 1 aromatic carbocycles. The number of aliphatic hydroxyl groups is 1. The van der Waals surface area contributed by atoms with Crippen LogP contribution < -0.4 is 4.72 Å². The topological polar surface area (TPSA) is 66.4 Å². The molecule has 0 bridgehead atoms. The number of thioether (sulfide) groups is 1. The highest BCUT2D eigenvalue weighted by atomic mass is 32.2. The van der Waals surface area contributed by atoms with Gasteiger partial charge in [0.25, 0.3) is 0 Å². The Balaban J connectivity index is 2.09. The fraction of sp³-hybridized carbons (Fsp3) is 0.538. The number of hydrogen-bond donors (Lipinski definition) is 2. The molecule has 7 heteroatoms. The zero-order valence-electron chi connectivity index (χ0n) is 11.0. The number of rotatable bonds is 5. The highest BCUT2D eigenvalue weighted by Gasteiger charge is 2.22. The second kappa shape index (κ2) is 6.89. The Bertz CT molecular complexity index is 557. The lowest BCUT2D eigenvalue weighted by Gasteiger charge is -2.21. The maximum atomic E-state index is 13.7. The van der Waals surface area contributed by atoms with Crippen molar-refractivity contribution in [2.45, 2.75) is 36.0 Å². The average molecular weight is 319 g/mol. The van der Waals surface area contributed by atoms with Crippen LogP contribution in [0.15, 0.2) is 23.1 Å². The van der Waals surface area contributed by atoms with Gasteiger partial charge in [0.15, 0.2) is 0 Å². The molecule has 2 rings (SSSR count). The van der Waals surface area contributed by atoms with E-state index in [0.29, 0.717) is 12.1 Å². The molecule has 0 amide bonds. The molecular weight excluding hydrogens is 301 g/mol. The molecule has 1 aliphatic heterocycles. The predicted molar refractivity (Wildman–Crippen MR) is 77.6 cm³/mol. The van der Waals surface area contributed by atoms with Crippen LogP contribution in [-0.2, 0) is 16.6 Å². The molecule has 1 atom stereocenters. The van der Waals surface area contributed by atoms with E-state index >= 15 is 0 Å². The van der Waals surface area contributed by atoms with Gasteiger partial charge in [-0.2, -0.15) is 11.8 Å². The Morgan fingerprint density at radius 2 is 2.20 bits per heavy atom. The van der Waals surface area contributed by atoms with E-state index in [1.54, 1.807) is 11.8 Å². The van der Waals surface area contributed by atoms with Gasteiger partial charge in [-0.05, 0) is 36.3 Å². The third-order valence-corrected chi connectivity index (χ3v) is 6.08. The first-order valence-electron chi connectivity index (χ1n) is 6.53. The quantitative estimate of drug-likeness (QED) is 0.870. The summed E-state index contributed by atoms with van der Waals surface area (Å²) in [5.74, 6) is 0.242. The molecule has 1 unspecified atom stereocenters. The number of hydrogen-bond acceptors (Lipinski definition) is 4. The highest BCUT2D eigenvalue weighted by Crippen LogP contribution is 2.25. The van der Waals surface area contributed by atoms with E-state index in [1.165, 1.54) is 18.6 Å². The molecule has 0 radical (unpaired) electrons. The molecule has 1 saturated heterocycles. The van der Waals surface area contributed by atoms with Crippen LogP contribution in [0.2, 0.25) is 0 Å². The summed E-state index contributed by atoms with van der Waals surface area (Å²) in [6.07, 6.45) is 3.25. The van der Waals surface area contributed by atoms with E-state index in [2.05, 4.69) is 4.72 Å². The maximum Gasteiger partial charge on any atom is 0.243 e. The zero-order valence-corrected chi connectivity index (χ0v) is 12.6. The third-order valence-electron chi connectivity index (χ3n) is 3.24. The summed E-state index contributed by atoms with van der Waals surface area (Å²) in [4.78, 5) is -0.398. The van der Waals surface area contributed by atoms with E-state index in [9.17, 15) is 12.8 Å². The predicted octanol–water partition coefficient (Wildman–Crippen LogP) is 1.88. The van der Waals surface area contributed by atoms with Gasteiger partial charge in [-0.3, -0.25) is 0 Å². The van der Waals surface area contributed by atoms with Gasteiger partial charge in [-0.1, -0.05) is 12.5 Å². The van der Waals surface area contributed by atoms with Gasteiger partial charge in [0, 0.05) is 11.8 Å². The SMILES string of the molecule is O=S(=O)(NCC1CCCCS1)c1cc(CO)ccc1F. The standard InChI is InChI=1S/C13H18FNO3S2/c14-12-5-4-10(9-16)7-13(12)20(17,18)15-8-11-3-1-2-6-19-11/h4-5,7,11,15-16H,1-3,6,8-9H2. The molecule has 0 spiro atoms. The van der Waals surface area contributed by atoms with Crippen molar-refractivity contribution in [2.24, 2.45) is 0 Å². The van der Waals surface area contributed by atoms with Gasteiger partial charge in [0.2, 0.25) is 10.0 Å². The summed E-state index contributed by atoms with van der Waals surface area (Å²) in [5, 5.41) is 9.26. The van der Waals surface area contributed by atoms with Crippen LogP contribution in [0.5, 0.6) is 0 Å². The lowest BCUT2D eigenvalue weighted by atomic mass is 10.2. The number of sulfonamides is 1. The van der Waals surface area contributed by atoms with Crippen molar-refractivity contribution in [1.29, 1.82) is 0 Å². The first kappa shape index (κ1) is 15.8. The second-order valence-corrected chi connectivity index (χ2v) is 7.91. The Kier molecular flexibility index (Phi) is 5.42. The first-order chi connectivity index (χ1) is 9.53. The van der Waals surface area contributed by atoms with Gasteiger partial charge in [0.1, 0.15) is 10.7 Å². The van der Waals surface area contributed by atoms with Crippen LogP contribution in [0.3, 0.4) is 0 Å². The number of benzene rings is 1. The molecule has 1 fully saturated rings. The van der Waals surface area contributed by atoms with Gasteiger partial charge >= 0.3 is 0 Å². The van der Waals surface area contributed by atoms with Crippen molar-refractivity contribution >= 4 is 21.8 Å². The molecule has 20 heavy (non-hydrogen) atoms. The van der Waals surface area contributed by atoms with E-state index in [-0.39, 0.29) is 11.9 Å². The van der Waals surface area contributed by atoms with Crippen LogP contribution in [0.4, 0.5) is 4.39 Å². The second-order valence-electron chi connectivity index (χ2n) is 4.76. The van der Waals surface area contributed by atoms with E-state index < -0.39 is 20.7 Å². The van der Waals surface area contributed by atoms with Gasteiger partial charge in [-0.15, -0.1) is 0 Å². The third kappa shape index (κ3) is 3.94. The average Bonchev–Trinajstić information content (AvgIpc) is 2.47. The van der Waals surface area contributed by atoms with Crippen molar-refractivity contribution < 1.29 is 17.9 Å². The van der Waals surface area contributed by atoms with Crippen molar-refractivity contribution in [3.05, 3.63) is 29.6 Å². The molecule has 2 N–H and O–H groups in total. The summed E-state index contributed by atoms with van der Waals surface area (Å²) < 4.78 is 40.4. The van der Waals surface area contributed by atoms with Gasteiger partial charge in [-0.25, -0.2) is 17.5 Å². The lowest BCUT2D eigenvalue weighted by molar-refractivity contribution is 0.281. The van der Waals surface area contributed by atoms with Crippen LogP contribution in [0, 0.1) is 5.82 Å². The molecule has 4 nitrogen and oxygen atoms in total. The minimum absolute atomic E-state index is 0.252. The molecule has 0 aromatic heterocycles. The fourth-order valence-corrected chi connectivity index (χ4v) is 4.65. The summed E-state index contributed by atoms with van der Waals surface area (Å²) in [6.45, 7) is -0.00291. The summed E-state index contributed by atoms with van der Waals surface area (Å²) >= 11 is 1.75. The number of halogens is 1. The molecule has 1 aliphatic rings. The minimum Gasteiger partial charge on any atom is -0.392 e. The largest absolute Gasteiger partial charge is 0.392 e. The highest BCUT2D eigenvalue weighted by molar-refractivity contribution is 8.00. The van der Waals surface area contributed by atoms with Crippen molar-refractivity contribution in [3.63, 3.8) is 0 Å². The Morgan fingerprint density at radius 3 is 2.85 bits per heavy atom. The minimum atomic E-state index is -3.87. The first-order valence-corrected chi connectivity index (χ1v) is 9.06. The Labute approximate surface area is 122 Å². The van der Waals surface area contributed by atoms with E-state index in [0.717, 1.165) is 24.7 Å². The Hall–Kier alpha value is -0.630. The maximum absolute atomic E-state index is 13.7. The van der Waals surface area contributed by atoms with Gasteiger partial charge < -0.3 is 5.11 Å². The van der Waals surface area contributed by atoms with Crippen LogP contribution >= 0.6 is 11.8 Å². The number of nitrogens with one attached hydrogen (secondary N) is 1.